The minimum Gasteiger partial charge on any atom is -0.337 e. The van der Waals surface area contributed by atoms with E-state index in [1.807, 2.05) is 31.2 Å². The number of carbonyl (C=O) groups is 1. The number of nitrogens with zero attached hydrogens (tertiary/aromatic N) is 1. The molecule has 0 bridgehead atoms. The van der Waals surface area contributed by atoms with Crippen molar-refractivity contribution >= 4 is 18.5 Å². The average Bonchev–Trinajstić information content (AvgIpc) is 2.41. The predicted octanol–water partition coefficient (Wildman–Crippen LogP) is 3.70. The molecule has 0 heterocycles. The van der Waals surface area contributed by atoms with Crippen molar-refractivity contribution in [2.75, 3.05) is 7.05 Å². The van der Waals surface area contributed by atoms with E-state index in [0.29, 0.717) is 12.1 Å². The van der Waals surface area contributed by atoms with Gasteiger partial charge in [-0.1, -0.05) is 29.8 Å². The quantitative estimate of drug-likeness (QED) is 0.854. The molecular formula is C16H16FNOS. The minimum absolute atomic E-state index is 0.151. The van der Waals surface area contributed by atoms with Crippen molar-refractivity contribution in [3.05, 3.63) is 65.0 Å². The first-order valence-corrected chi connectivity index (χ1v) is 6.71. The molecule has 20 heavy (non-hydrogen) atoms. The second kappa shape index (κ2) is 6.09. The first kappa shape index (κ1) is 14.6. The van der Waals surface area contributed by atoms with Crippen LogP contribution >= 0.6 is 12.6 Å². The van der Waals surface area contributed by atoms with Gasteiger partial charge >= 0.3 is 0 Å². The Bertz CT molecular complexity index is 642. The largest absolute Gasteiger partial charge is 0.337 e. The number of benzene rings is 2. The fourth-order valence-electron chi connectivity index (χ4n) is 2.02. The van der Waals surface area contributed by atoms with Crippen molar-refractivity contribution in [2.24, 2.45) is 0 Å². The summed E-state index contributed by atoms with van der Waals surface area (Å²) in [6.07, 6.45) is 0. The number of hydrogen-bond donors (Lipinski definition) is 1. The van der Waals surface area contributed by atoms with Crippen LogP contribution in [0.5, 0.6) is 0 Å². The van der Waals surface area contributed by atoms with Gasteiger partial charge < -0.3 is 4.90 Å². The Morgan fingerprint density at radius 1 is 1.25 bits per heavy atom. The van der Waals surface area contributed by atoms with E-state index in [4.69, 9.17) is 0 Å². The van der Waals surface area contributed by atoms with Gasteiger partial charge in [-0.05, 0) is 30.7 Å². The summed E-state index contributed by atoms with van der Waals surface area (Å²) in [5.41, 5.74) is 2.66. The van der Waals surface area contributed by atoms with Crippen LogP contribution in [0.15, 0.2) is 47.4 Å². The summed E-state index contributed by atoms with van der Waals surface area (Å²) < 4.78 is 13.2. The highest BCUT2D eigenvalue weighted by atomic mass is 32.1. The molecule has 0 atom stereocenters. The summed E-state index contributed by atoms with van der Waals surface area (Å²) in [5.74, 6) is -0.576. The van der Waals surface area contributed by atoms with E-state index < -0.39 is 5.82 Å². The first-order valence-electron chi connectivity index (χ1n) is 6.27. The van der Waals surface area contributed by atoms with Crippen LogP contribution in [-0.2, 0) is 6.54 Å². The third-order valence-electron chi connectivity index (χ3n) is 3.04. The SMILES string of the molecule is Cc1cccc(CN(C)C(=O)c2ccc(F)c(S)c2)c1. The summed E-state index contributed by atoms with van der Waals surface area (Å²) in [6, 6.07) is 12.2. The Hall–Kier alpha value is -1.81. The van der Waals surface area contributed by atoms with Crippen molar-refractivity contribution in [1.29, 1.82) is 0 Å². The topological polar surface area (TPSA) is 20.3 Å². The number of aryl methyl sites for hydroxylation is 1. The molecule has 0 unspecified atom stereocenters. The lowest BCUT2D eigenvalue weighted by Crippen LogP contribution is -2.26. The van der Waals surface area contributed by atoms with Crippen LogP contribution < -0.4 is 0 Å². The van der Waals surface area contributed by atoms with E-state index in [1.165, 1.54) is 18.2 Å². The van der Waals surface area contributed by atoms with Gasteiger partial charge in [-0.25, -0.2) is 4.39 Å². The standard InChI is InChI=1S/C16H16FNOS/c1-11-4-3-5-12(8-11)10-18(2)16(19)13-6-7-14(17)15(20)9-13/h3-9,20H,10H2,1-2H3. The summed E-state index contributed by atoms with van der Waals surface area (Å²) in [7, 11) is 1.73. The van der Waals surface area contributed by atoms with Gasteiger partial charge in [0.15, 0.2) is 0 Å². The molecule has 0 saturated heterocycles. The monoisotopic (exact) mass is 289 g/mol. The second-order valence-corrected chi connectivity index (χ2v) is 5.30. The molecule has 0 spiro atoms. The average molecular weight is 289 g/mol. The Labute approximate surface area is 123 Å². The Morgan fingerprint density at radius 3 is 2.65 bits per heavy atom. The van der Waals surface area contributed by atoms with E-state index in [9.17, 15) is 9.18 Å². The molecule has 2 rings (SSSR count). The molecule has 4 heteroatoms. The molecule has 0 N–H and O–H groups in total. The molecule has 2 aromatic rings. The number of halogens is 1. The maximum Gasteiger partial charge on any atom is 0.253 e. The molecule has 0 radical (unpaired) electrons. The molecule has 104 valence electrons. The summed E-state index contributed by atoms with van der Waals surface area (Å²) >= 11 is 4.00. The summed E-state index contributed by atoms with van der Waals surface area (Å²) in [5, 5.41) is 0. The van der Waals surface area contributed by atoms with Crippen LogP contribution in [0.4, 0.5) is 4.39 Å². The number of carbonyl (C=O) groups excluding carboxylic acids is 1. The molecule has 0 fully saturated rings. The molecule has 2 nitrogen and oxygen atoms in total. The van der Waals surface area contributed by atoms with E-state index in [0.717, 1.165) is 11.1 Å². The second-order valence-electron chi connectivity index (χ2n) is 4.82. The van der Waals surface area contributed by atoms with Crippen molar-refractivity contribution in [2.45, 2.75) is 18.4 Å². The van der Waals surface area contributed by atoms with E-state index in [-0.39, 0.29) is 10.8 Å². The highest BCUT2D eigenvalue weighted by molar-refractivity contribution is 7.80. The van der Waals surface area contributed by atoms with Gasteiger partial charge in [0.05, 0.1) is 0 Å². The number of thiol groups is 1. The molecule has 0 aliphatic rings. The Kier molecular flexibility index (Phi) is 4.45. The van der Waals surface area contributed by atoms with Gasteiger partial charge in [0, 0.05) is 24.1 Å². The van der Waals surface area contributed by atoms with Crippen LogP contribution in [-0.4, -0.2) is 17.9 Å². The van der Waals surface area contributed by atoms with Crippen molar-refractivity contribution in [3.63, 3.8) is 0 Å². The van der Waals surface area contributed by atoms with E-state index in [1.54, 1.807) is 11.9 Å². The number of hydrogen-bond acceptors (Lipinski definition) is 2. The lowest BCUT2D eigenvalue weighted by molar-refractivity contribution is 0.0784. The van der Waals surface area contributed by atoms with Crippen LogP contribution in [0.1, 0.15) is 21.5 Å². The summed E-state index contributed by atoms with van der Waals surface area (Å²) in [4.78, 5) is 14.1. The fourth-order valence-corrected chi connectivity index (χ4v) is 2.24. The lowest BCUT2D eigenvalue weighted by Gasteiger charge is -2.18. The van der Waals surface area contributed by atoms with Crippen molar-refractivity contribution in [3.8, 4) is 0 Å². The molecule has 2 aromatic carbocycles. The van der Waals surface area contributed by atoms with Gasteiger partial charge in [-0.15, -0.1) is 12.6 Å². The molecule has 1 amide bonds. The van der Waals surface area contributed by atoms with E-state index in [2.05, 4.69) is 12.6 Å². The highest BCUT2D eigenvalue weighted by Crippen LogP contribution is 2.16. The van der Waals surface area contributed by atoms with Crippen molar-refractivity contribution in [1.82, 2.24) is 4.90 Å². The van der Waals surface area contributed by atoms with Crippen LogP contribution in [0.3, 0.4) is 0 Å². The van der Waals surface area contributed by atoms with E-state index >= 15 is 0 Å². The zero-order valence-electron chi connectivity index (χ0n) is 11.4. The Balaban J connectivity index is 2.14. The van der Waals surface area contributed by atoms with Gasteiger partial charge in [0.2, 0.25) is 0 Å². The molecule has 0 aliphatic carbocycles. The van der Waals surface area contributed by atoms with Gasteiger partial charge in [-0.2, -0.15) is 0 Å². The predicted molar refractivity (Wildman–Crippen MR) is 80.6 cm³/mol. The molecule has 0 aromatic heterocycles. The fraction of sp³-hybridized carbons (Fsp3) is 0.188. The zero-order valence-corrected chi connectivity index (χ0v) is 12.3. The third-order valence-corrected chi connectivity index (χ3v) is 3.38. The van der Waals surface area contributed by atoms with Gasteiger partial charge in [0.25, 0.3) is 5.91 Å². The van der Waals surface area contributed by atoms with Crippen molar-refractivity contribution < 1.29 is 9.18 Å². The third kappa shape index (κ3) is 3.39. The van der Waals surface area contributed by atoms with Crippen LogP contribution in [0, 0.1) is 12.7 Å². The maximum absolute atomic E-state index is 13.2. The zero-order chi connectivity index (χ0) is 14.7. The van der Waals surface area contributed by atoms with Gasteiger partial charge in [0.1, 0.15) is 5.82 Å². The lowest BCUT2D eigenvalue weighted by atomic mass is 10.1. The number of amides is 1. The normalized spacial score (nSPS) is 10.4. The maximum atomic E-state index is 13.2. The first-order chi connectivity index (χ1) is 9.47. The number of rotatable bonds is 3. The highest BCUT2D eigenvalue weighted by Gasteiger charge is 2.13. The Morgan fingerprint density at radius 2 is 2.00 bits per heavy atom. The molecule has 0 aliphatic heterocycles. The smallest absolute Gasteiger partial charge is 0.253 e. The van der Waals surface area contributed by atoms with Gasteiger partial charge in [-0.3, -0.25) is 4.79 Å². The summed E-state index contributed by atoms with van der Waals surface area (Å²) in [6.45, 7) is 2.53. The minimum atomic E-state index is -0.425. The molecule has 0 saturated carbocycles. The van der Waals surface area contributed by atoms with Crippen LogP contribution in [0.2, 0.25) is 0 Å². The molecular weight excluding hydrogens is 273 g/mol. The van der Waals surface area contributed by atoms with Crippen LogP contribution in [0.25, 0.3) is 0 Å².